The third-order valence-corrected chi connectivity index (χ3v) is 4.61. The molecule has 0 fully saturated rings. The van der Waals surface area contributed by atoms with Gasteiger partial charge in [-0.05, 0) is 23.8 Å². The first-order chi connectivity index (χ1) is 12.1. The highest BCUT2D eigenvalue weighted by atomic mass is 35.5. The lowest BCUT2D eigenvalue weighted by molar-refractivity contribution is 0.409. The Bertz CT molecular complexity index is 1120. The smallest absolute Gasteiger partial charge is 0.254 e. The molecule has 0 saturated heterocycles. The minimum atomic E-state index is -0.674. The Balaban J connectivity index is 2.08. The summed E-state index contributed by atoms with van der Waals surface area (Å²) in [6.45, 7) is 0. The Kier molecular flexibility index (Phi) is 3.48. The van der Waals surface area contributed by atoms with Gasteiger partial charge < -0.3 is 15.4 Å². The van der Waals surface area contributed by atoms with Crippen LogP contribution in [0.4, 0.5) is 5.69 Å². The van der Waals surface area contributed by atoms with Gasteiger partial charge in [0.25, 0.3) is 5.56 Å². The summed E-state index contributed by atoms with van der Waals surface area (Å²) in [6.07, 6.45) is 0. The molecule has 0 bridgehead atoms. The molecule has 2 heterocycles. The molecule has 1 aromatic heterocycles. The molecule has 0 amide bonds. The van der Waals surface area contributed by atoms with Crippen LogP contribution in [0.15, 0.2) is 64.8 Å². The van der Waals surface area contributed by atoms with Crippen molar-refractivity contribution >= 4 is 28.2 Å². The number of H-pyrrole nitrogens is 1. The Morgan fingerprint density at radius 3 is 2.56 bits per heavy atom. The van der Waals surface area contributed by atoms with Crippen molar-refractivity contribution in [1.82, 2.24) is 4.98 Å². The van der Waals surface area contributed by atoms with E-state index in [1.807, 2.05) is 24.3 Å². The van der Waals surface area contributed by atoms with Crippen LogP contribution in [0.25, 0.3) is 10.9 Å². The quantitative estimate of drug-likeness (QED) is 0.618. The average Bonchev–Trinajstić information content (AvgIpc) is 2.61. The van der Waals surface area contributed by atoms with Crippen molar-refractivity contribution in [3.8, 4) is 6.07 Å². The van der Waals surface area contributed by atoms with Gasteiger partial charge in [0.1, 0.15) is 11.6 Å². The van der Waals surface area contributed by atoms with Crippen LogP contribution in [0, 0.1) is 11.3 Å². The highest BCUT2D eigenvalue weighted by molar-refractivity contribution is 6.30. The minimum Gasteiger partial charge on any atom is -0.494 e. The summed E-state index contributed by atoms with van der Waals surface area (Å²) in [5.41, 5.74) is 2.06. The number of fused-ring (bicyclic) bond motifs is 3. The van der Waals surface area contributed by atoms with Gasteiger partial charge in [-0.2, -0.15) is 5.26 Å². The number of aromatic amines is 1. The molecule has 1 atom stereocenters. The number of aliphatic hydroxyl groups excluding tert-OH is 1. The molecule has 0 saturated carbocycles. The highest BCUT2D eigenvalue weighted by Gasteiger charge is 2.33. The molecule has 4 rings (SSSR count). The molecular weight excluding hydrogens is 338 g/mol. The van der Waals surface area contributed by atoms with Gasteiger partial charge in [-0.25, -0.2) is 0 Å². The molecule has 1 aliphatic rings. The summed E-state index contributed by atoms with van der Waals surface area (Å²) in [7, 11) is 0. The van der Waals surface area contributed by atoms with Gasteiger partial charge in [0.15, 0.2) is 0 Å². The molecule has 6 heteroatoms. The number of nitrogens with zero attached hydrogens (tertiary/aromatic N) is 1. The summed E-state index contributed by atoms with van der Waals surface area (Å²) in [6, 6.07) is 16.2. The Morgan fingerprint density at radius 2 is 1.84 bits per heavy atom. The molecule has 2 aromatic carbocycles. The van der Waals surface area contributed by atoms with Crippen molar-refractivity contribution < 1.29 is 5.11 Å². The van der Waals surface area contributed by atoms with Gasteiger partial charge in [-0.15, -0.1) is 0 Å². The number of halogens is 1. The highest BCUT2D eigenvalue weighted by Crippen LogP contribution is 2.41. The van der Waals surface area contributed by atoms with E-state index in [4.69, 9.17) is 11.6 Å². The number of benzene rings is 2. The fourth-order valence-corrected chi connectivity index (χ4v) is 3.37. The maximum atomic E-state index is 12.8. The Labute approximate surface area is 147 Å². The topological polar surface area (TPSA) is 88.9 Å². The van der Waals surface area contributed by atoms with Crippen LogP contribution in [-0.4, -0.2) is 10.1 Å². The van der Waals surface area contributed by atoms with Gasteiger partial charge >= 0.3 is 0 Å². The summed E-state index contributed by atoms with van der Waals surface area (Å²) in [5, 5.41) is 24.0. The number of aromatic nitrogens is 1. The van der Waals surface area contributed by atoms with Crippen LogP contribution in [0.2, 0.25) is 5.02 Å². The van der Waals surface area contributed by atoms with E-state index in [1.165, 1.54) is 0 Å². The van der Waals surface area contributed by atoms with Crippen LogP contribution in [0.5, 0.6) is 0 Å². The lowest BCUT2D eigenvalue weighted by atomic mass is 9.82. The van der Waals surface area contributed by atoms with Gasteiger partial charge in [-0.1, -0.05) is 41.9 Å². The zero-order chi connectivity index (χ0) is 17.6. The first kappa shape index (κ1) is 15.3. The number of pyridine rings is 1. The number of hydrogen-bond acceptors (Lipinski definition) is 4. The molecule has 0 radical (unpaired) electrons. The van der Waals surface area contributed by atoms with Gasteiger partial charge in [0.2, 0.25) is 5.88 Å². The standard InChI is InChI=1S/C19H12ClN3O2/c20-11-7-5-10(6-8-11)15-13(9-21)18(24)23-17-12-3-1-2-4-14(12)22-19(25)16(15)17/h1-8,15,23-24H,(H,22,25). The molecule has 1 aliphatic heterocycles. The van der Waals surface area contributed by atoms with Crippen molar-refractivity contribution in [2.45, 2.75) is 5.92 Å². The third-order valence-electron chi connectivity index (χ3n) is 4.36. The number of rotatable bonds is 1. The third kappa shape index (κ3) is 2.35. The first-order valence-electron chi connectivity index (χ1n) is 7.61. The van der Waals surface area contributed by atoms with Crippen molar-refractivity contribution in [2.75, 3.05) is 5.32 Å². The molecule has 3 aromatic rings. The van der Waals surface area contributed by atoms with Gasteiger partial charge in [0.05, 0.1) is 22.7 Å². The molecule has 0 aliphatic carbocycles. The largest absolute Gasteiger partial charge is 0.494 e. The average molecular weight is 350 g/mol. The van der Waals surface area contributed by atoms with Crippen LogP contribution in [0.1, 0.15) is 17.0 Å². The molecule has 0 spiro atoms. The monoisotopic (exact) mass is 349 g/mol. The van der Waals surface area contributed by atoms with E-state index in [1.54, 1.807) is 30.3 Å². The second-order valence-electron chi connectivity index (χ2n) is 5.77. The summed E-state index contributed by atoms with van der Waals surface area (Å²) >= 11 is 5.95. The van der Waals surface area contributed by atoms with Crippen molar-refractivity contribution in [3.63, 3.8) is 0 Å². The summed E-state index contributed by atoms with van der Waals surface area (Å²) in [5.74, 6) is -0.919. The summed E-state index contributed by atoms with van der Waals surface area (Å²) < 4.78 is 0. The van der Waals surface area contributed by atoms with E-state index in [-0.39, 0.29) is 17.0 Å². The number of hydrogen-bond donors (Lipinski definition) is 3. The zero-order valence-corrected chi connectivity index (χ0v) is 13.6. The second kappa shape index (κ2) is 5.69. The maximum absolute atomic E-state index is 12.8. The van der Waals surface area contributed by atoms with E-state index in [0.29, 0.717) is 27.4 Å². The predicted octanol–water partition coefficient (Wildman–Crippen LogP) is 4.03. The zero-order valence-electron chi connectivity index (χ0n) is 12.9. The number of allylic oxidation sites excluding steroid dienone is 1. The number of nitrogens with one attached hydrogen (secondary N) is 2. The lowest BCUT2D eigenvalue weighted by Crippen LogP contribution is -2.26. The van der Waals surface area contributed by atoms with Crippen molar-refractivity contribution in [3.05, 3.63) is 86.5 Å². The normalized spacial score (nSPS) is 16.2. The van der Waals surface area contributed by atoms with E-state index in [2.05, 4.69) is 10.3 Å². The number of nitriles is 1. The minimum absolute atomic E-state index is 0.0932. The molecule has 1 unspecified atom stereocenters. The van der Waals surface area contributed by atoms with E-state index in [9.17, 15) is 15.2 Å². The Morgan fingerprint density at radius 1 is 1.12 bits per heavy atom. The predicted molar refractivity (Wildman–Crippen MR) is 96.8 cm³/mol. The van der Waals surface area contributed by atoms with Crippen molar-refractivity contribution in [2.24, 2.45) is 0 Å². The van der Waals surface area contributed by atoms with Gasteiger partial charge in [0, 0.05) is 10.4 Å². The second-order valence-corrected chi connectivity index (χ2v) is 6.21. The van der Waals surface area contributed by atoms with Crippen LogP contribution < -0.4 is 10.9 Å². The first-order valence-corrected chi connectivity index (χ1v) is 7.98. The van der Waals surface area contributed by atoms with E-state index < -0.39 is 5.92 Å². The van der Waals surface area contributed by atoms with Crippen LogP contribution in [0.3, 0.4) is 0 Å². The summed E-state index contributed by atoms with van der Waals surface area (Å²) in [4.78, 5) is 15.6. The van der Waals surface area contributed by atoms with E-state index in [0.717, 1.165) is 5.39 Å². The fraction of sp³-hybridized carbons (Fsp3) is 0.0526. The molecule has 25 heavy (non-hydrogen) atoms. The number of anilines is 1. The lowest BCUT2D eigenvalue weighted by Gasteiger charge is -2.27. The van der Waals surface area contributed by atoms with Crippen LogP contribution >= 0.6 is 11.6 Å². The van der Waals surface area contributed by atoms with E-state index >= 15 is 0 Å². The Hall–Kier alpha value is -3.23. The molecule has 3 N–H and O–H groups in total. The molecule has 122 valence electrons. The van der Waals surface area contributed by atoms with Crippen molar-refractivity contribution in [1.29, 1.82) is 5.26 Å². The number of para-hydroxylation sites is 1. The molecule has 5 nitrogen and oxygen atoms in total. The maximum Gasteiger partial charge on any atom is 0.254 e. The van der Waals surface area contributed by atoms with Crippen LogP contribution in [-0.2, 0) is 0 Å². The fourth-order valence-electron chi connectivity index (χ4n) is 3.24. The molecular formula is C19H12ClN3O2. The SMILES string of the molecule is N#CC1=C(O)Nc2c(c(=O)[nH]c3ccccc23)C1c1ccc(Cl)cc1. The number of aliphatic hydroxyl groups is 1. The van der Waals surface area contributed by atoms with Gasteiger partial charge in [-0.3, -0.25) is 4.79 Å².